The number of fused-ring (bicyclic) bond motifs is 10. The molecule has 5 heteroatoms. The SMILES string of the molecule is Cc1ccc(N2c3ccccc3B3c4ccc5cc4N(c4cccc(c4)Sc4cccc(c4)[Si]5(c4ccccc4)c4ccccc4)c4cc(C)cc2c43)cc1. The summed E-state index contributed by atoms with van der Waals surface area (Å²) in [7, 11) is -2.83. The van der Waals surface area contributed by atoms with Crippen molar-refractivity contribution in [3.63, 3.8) is 0 Å². The first-order valence-corrected chi connectivity index (χ1v) is 21.9. The van der Waals surface area contributed by atoms with Crippen LogP contribution in [-0.4, -0.2) is 14.8 Å². The molecule has 11 rings (SSSR count). The molecule has 3 aliphatic heterocycles. The third-order valence-corrected chi connectivity index (χ3v) is 17.6. The summed E-state index contributed by atoms with van der Waals surface area (Å²) in [6.07, 6.45) is 0. The van der Waals surface area contributed by atoms with Crippen molar-refractivity contribution in [2.24, 2.45) is 0 Å². The van der Waals surface area contributed by atoms with Crippen molar-refractivity contribution >= 4 is 97.8 Å². The first-order valence-electron chi connectivity index (χ1n) is 19.1. The highest BCUT2D eigenvalue weighted by Crippen LogP contribution is 2.45. The van der Waals surface area contributed by atoms with Crippen molar-refractivity contribution < 1.29 is 0 Å². The number of aryl methyl sites for hydroxylation is 2. The standard InChI is InChI=1S/C50H37BN2SSi/c1-34-23-25-36(26-24-34)52-46-22-10-9-21-44(46)51-45-28-27-43-33-47(45)53(49-30-35(2)29-48(52)50(49)51)37-13-11-14-38(31-37)54-39-15-12-20-42(32-39)55(43,40-16-5-3-6-17-40)41-18-7-4-8-19-41/h3-33H,1-2H3. The summed E-state index contributed by atoms with van der Waals surface area (Å²) >= 11 is 1.86. The molecule has 2 nitrogen and oxygen atoms in total. The molecular formula is C50H37BN2SSi. The molecule has 0 fully saturated rings. The topological polar surface area (TPSA) is 6.48 Å². The van der Waals surface area contributed by atoms with E-state index in [-0.39, 0.29) is 6.71 Å². The lowest BCUT2D eigenvalue weighted by Crippen LogP contribution is -2.75. The fourth-order valence-corrected chi connectivity index (χ4v) is 15.4. The van der Waals surface area contributed by atoms with Crippen molar-refractivity contribution in [1.82, 2.24) is 0 Å². The maximum absolute atomic E-state index is 2.83. The Labute approximate surface area is 328 Å². The summed E-state index contributed by atoms with van der Waals surface area (Å²) in [4.78, 5) is 7.56. The van der Waals surface area contributed by atoms with Gasteiger partial charge >= 0.3 is 0 Å². The van der Waals surface area contributed by atoms with Gasteiger partial charge in [0.2, 0.25) is 0 Å². The normalized spacial score (nSPS) is 14.3. The van der Waals surface area contributed by atoms with Crippen molar-refractivity contribution in [3.05, 3.63) is 199 Å². The summed E-state index contributed by atoms with van der Waals surface area (Å²) in [5.41, 5.74) is 13.9. The lowest BCUT2D eigenvalue weighted by Gasteiger charge is -2.45. The van der Waals surface area contributed by atoms with Gasteiger partial charge in [0.1, 0.15) is 0 Å². The molecule has 0 aliphatic carbocycles. The number of rotatable bonds is 3. The minimum absolute atomic E-state index is 0.0714. The van der Waals surface area contributed by atoms with E-state index in [2.05, 4.69) is 212 Å². The van der Waals surface area contributed by atoms with Gasteiger partial charge in [0.15, 0.2) is 8.07 Å². The van der Waals surface area contributed by atoms with Crippen molar-refractivity contribution in [3.8, 4) is 0 Å². The van der Waals surface area contributed by atoms with Crippen LogP contribution >= 0.6 is 11.8 Å². The molecular weight excluding hydrogens is 700 g/mol. The molecule has 3 heterocycles. The van der Waals surface area contributed by atoms with Crippen LogP contribution in [0.2, 0.25) is 0 Å². The molecule has 260 valence electrons. The summed E-state index contributed by atoms with van der Waals surface area (Å²) in [5.74, 6) is 0. The lowest BCUT2D eigenvalue weighted by atomic mass is 9.33. The molecule has 0 saturated heterocycles. The van der Waals surface area contributed by atoms with Crippen LogP contribution in [0.3, 0.4) is 0 Å². The molecule has 3 aliphatic rings. The Morgan fingerprint density at radius 2 is 0.982 bits per heavy atom. The second-order valence-electron chi connectivity index (χ2n) is 15.1. The Balaban J connectivity index is 1.27. The van der Waals surface area contributed by atoms with Crippen molar-refractivity contribution in [1.29, 1.82) is 0 Å². The van der Waals surface area contributed by atoms with E-state index in [9.17, 15) is 0 Å². The van der Waals surface area contributed by atoms with E-state index in [1.165, 1.54) is 92.2 Å². The Bertz CT molecular complexity index is 2750. The minimum Gasteiger partial charge on any atom is -0.311 e. The summed E-state index contributed by atoms with van der Waals surface area (Å²) in [6, 6.07) is 71.7. The molecule has 0 aromatic heterocycles. The zero-order valence-electron chi connectivity index (χ0n) is 30.8. The zero-order chi connectivity index (χ0) is 36.7. The number of anilines is 6. The number of nitrogens with zero attached hydrogens (tertiary/aromatic N) is 2. The number of hydrogen-bond acceptors (Lipinski definition) is 3. The minimum atomic E-state index is -2.83. The molecule has 8 aromatic rings. The van der Waals surface area contributed by atoms with E-state index in [1.54, 1.807) is 0 Å². The van der Waals surface area contributed by atoms with E-state index in [1.807, 2.05) is 11.8 Å². The largest absolute Gasteiger partial charge is 0.311 e. The highest BCUT2D eigenvalue weighted by atomic mass is 32.2. The molecule has 0 amide bonds. The maximum atomic E-state index is 2.58. The van der Waals surface area contributed by atoms with Crippen LogP contribution in [0.4, 0.5) is 34.1 Å². The lowest BCUT2D eigenvalue weighted by molar-refractivity contribution is 1.23. The van der Waals surface area contributed by atoms with Crippen molar-refractivity contribution in [2.75, 3.05) is 9.80 Å². The third kappa shape index (κ3) is 4.90. The monoisotopic (exact) mass is 736 g/mol. The summed E-state index contributed by atoms with van der Waals surface area (Å²) in [6.45, 7) is 4.49. The van der Waals surface area contributed by atoms with E-state index < -0.39 is 8.07 Å². The average Bonchev–Trinajstić information content (AvgIpc) is 3.22. The van der Waals surface area contributed by atoms with Gasteiger partial charge in [-0.2, -0.15) is 0 Å². The van der Waals surface area contributed by atoms with Gasteiger partial charge in [-0.1, -0.05) is 139 Å². The number of hydrogen-bond donors (Lipinski definition) is 0. The van der Waals surface area contributed by atoms with Gasteiger partial charge in [-0.25, -0.2) is 0 Å². The Kier molecular flexibility index (Phi) is 7.38. The quantitative estimate of drug-likeness (QED) is 0.169. The van der Waals surface area contributed by atoms with E-state index in [0.29, 0.717) is 0 Å². The molecule has 0 atom stereocenters. The summed E-state index contributed by atoms with van der Waals surface area (Å²) < 4.78 is 0. The molecule has 0 unspecified atom stereocenters. The molecule has 0 radical (unpaired) electrons. The van der Waals surface area contributed by atoms with Crippen LogP contribution in [-0.2, 0) is 0 Å². The van der Waals surface area contributed by atoms with Crippen LogP contribution < -0.4 is 46.9 Å². The zero-order valence-corrected chi connectivity index (χ0v) is 32.6. The van der Waals surface area contributed by atoms with Gasteiger partial charge in [-0.15, -0.1) is 0 Å². The highest BCUT2D eigenvalue weighted by Gasteiger charge is 2.46. The average molecular weight is 737 g/mol. The first-order chi connectivity index (χ1) is 27.1. The Hall–Kier alpha value is -6.01. The van der Waals surface area contributed by atoms with Crippen LogP contribution in [0.1, 0.15) is 11.1 Å². The van der Waals surface area contributed by atoms with Crippen LogP contribution in [0, 0.1) is 13.8 Å². The van der Waals surface area contributed by atoms with Crippen LogP contribution in [0.15, 0.2) is 198 Å². The van der Waals surface area contributed by atoms with Gasteiger partial charge < -0.3 is 9.80 Å². The van der Waals surface area contributed by atoms with E-state index >= 15 is 0 Å². The summed E-state index contributed by atoms with van der Waals surface area (Å²) in [5, 5.41) is 5.55. The maximum Gasteiger partial charge on any atom is 0.252 e. The fourth-order valence-electron chi connectivity index (χ4n) is 9.55. The second kappa shape index (κ2) is 12.5. The van der Waals surface area contributed by atoms with Gasteiger partial charge in [0.05, 0.1) is 0 Å². The Morgan fingerprint density at radius 3 is 1.71 bits per heavy atom. The van der Waals surface area contributed by atoms with Gasteiger partial charge in [0.25, 0.3) is 6.71 Å². The fraction of sp³-hybridized carbons (Fsp3) is 0.0400. The van der Waals surface area contributed by atoms with Gasteiger partial charge in [-0.3, -0.25) is 0 Å². The Morgan fingerprint density at radius 1 is 0.400 bits per heavy atom. The van der Waals surface area contributed by atoms with Crippen molar-refractivity contribution in [2.45, 2.75) is 23.6 Å². The smallest absolute Gasteiger partial charge is 0.252 e. The van der Waals surface area contributed by atoms with E-state index in [4.69, 9.17) is 0 Å². The number of para-hydroxylation sites is 1. The third-order valence-electron chi connectivity index (χ3n) is 11.8. The van der Waals surface area contributed by atoms with Gasteiger partial charge in [0, 0.05) is 43.9 Å². The predicted molar refractivity (Wildman–Crippen MR) is 238 cm³/mol. The van der Waals surface area contributed by atoms with E-state index in [0.717, 1.165) is 0 Å². The molecule has 0 N–H and O–H groups in total. The van der Waals surface area contributed by atoms with Crippen LogP contribution in [0.25, 0.3) is 0 Å². The van der Waals surface area contributed by atoms with Gasteiger partial charge in [-0.05, 0) is 123 Å². The van der Waals surface area contributed by atoms with Crippen LogP contribution in [0.5, 0.6) is 0 Å². The number of benzene rings is 8. The highest BCUT2D eigenvalue weighted by molar-refractivity contribution is 7.99. The molecule has 0 saturated carbocycles. The molecule has 8 aromatic carbocycles. The second-order valence-corrected chi connectivity index (χ2v) is 20.1. The molecule has 6 bridgehead atoms. The predicted octanol–water partition coefficient (Wildman–Crippen LogP) is 8.23. The first kappa shape index (κ1) is 32.4. The molecule has 55 heavy (non-hydrogen) atoms. The molecule has 0 spiro atoms.